The van der Waals surface area contributed by atoms with Crippen LogP contribution in [0.3, 0.4) is 0 Å². The van der Waals surface area contributed by atoms with Gasteiger partial charge in [-0.05, 0) is 43.2 Å². The van der Waals surface area contributed by atoms with E-state index >= 15 is 0 Å². The Labute approximate surface area is 143 Å². The molecule has 1 atom stereocenters. The molecule has 0 radical (unpaired) electrons. The van der Waals surface area contributed by atoms with Gasteiger partial charge in [0.1, 0.15) is 5.82 Å². The SMILES string of the molecule is O=C(NCC(F)F)C1CCCN(c2ccc3cc(Cl)ccc3n2)C1. The predicted octanol–water partition coefficient (Wildman–Crippen LogP) is 3.49. The number of hydrogen-bond acceptors (Lipinski definition) is 3. The Kier molecular flexibility index (Phi) is 5.14. The smallest absolute Gasteiger partial charge is 0.255 e. The Morgan fingerprint density at radius 1 is 1.38 bits per heavy atom. The number of carbonyl (C=O) groups excluding carboxylic acids is 1. The van der Waals surface area contributed by atoms with Crippen LogP contribution in [-0.4, -0.2) is 37.0 Å². The zero-order valence-electron chi connectivity index (χ0n) is 13.0. The van der Waals surface area contributed by atoms with Crippen molar-refractivity contribution in [1.29, 1.82) is 0 Å². The van der Waals surface area contributed by atoms with Crippen LogP contribution >= 0.6 is 11.6 Å². The Morgan fingerprint density at radius 3 is 3.00 bits per heavy atom. The summed E-state index contributed by atoms with van der Waals surface area (Å²) in [5.41, 5.74) is 0.834. The quantitative estimate of drug-likeness (QED) is 0.915. The highest BCUT2D eigenvalue weighted by Gasteiger charge is 2.26. The second-order valence-corrected chi connectivity index (χ2v) is 6.36. The summed E-state index contributed by atoms with van der Waals surface area (Å²) in [4.78, 5) is 18.7. The minimum absolute atomic E-state index is 0.291. The van der Waals surface area contributed by atoms with Crippen LogP contribution in [0.1, 0.15) is 12.8 Å². The number of rotatable bonds is 4. The molecule has 1 aromatic carbocycles. The number of benzene rings is 1. The highest BCUT2D eigenvalue weighted by atomic mass is 35.5. The van der Waals surface area contributed by atoms with Crippen LogP contribution in [0, 0.1) is 5.92 Å². The molecule has 0 bridgehead atoms. The molecule has 4 nitrogen and oxygen atoms in total. The van der Waals surface area contributed by atoms with E-state index in [1.165, 1.54) is 0 Å². The van der Waals surface area contributed by atoms with Crippen molar-refractivity contribution in [2.75, 3.05) is 24.5 Å². The lowest BCUT2D eigenvalue weighted by atomic mass is 9.97. The lowest BCUT2D eigenvalue weighted by Crippen LogP contribution is -2.44. The van der Waals surface area contributed by atoms with Crippen molar-refractivity contribution in [3.63, 3.8) is 0 Å². The van der Waals surface area contributed by atoms with Gasteiger partial charge < -0.3 is 10.2 Å². The van der Waals surface area contributed by atoms with E-state index in [1.54, 1.807) is 6.07 Å². The zero-order valence-corrected chi connectivity index (χ0v) is 13.8. The maximum atomic E-state index is 12.2. The Morgan fingerprint density at radius 2 is 2.21 bits per heavy atom. The number of alkyl halides is 2. The first-order valence-electron chi connectivity index (χ1n) is 7.90. The van der Waals surface area contributed by atoms with Crippen LogP contribution in [0.4, 0.5) is 14.6 Å². The first-order valence-corrected chi connectivity index (χ1v) is 8.28. The summed E-state index contributed by atoms with van der Waals surface area (Å²) >= 11 is 5.98. The lowest BCUT2D eigenvalue weighted by molar-refractivity contribution is -0.125. The second-order valence-electron chi connectivity index (χ2n) is 5.93. The van der Waals surface area contributed by atoms with Gasteiger partial charge in [-0.15, -0.1) is 0 Å². The van der Waals surface area contributed by atoms with Crippen molar-refractivity contribution in [3.05, 3.63) is 35.4 Å². The standard InChI is InChI=1S/C17H18ClF2N3O/c18-13-4-5-14-11(8-13)3-6-16(22-14)23-7-1-2-12(10-23)17(24)21-9-15(19)20/h3-6,8,12,15H,1-2,7,9-10H2,(H,21,24). The molecule has 1 aliphatic heterocycles. The number of carbonyl (C=O) groups is 1. The van der Waals surface area contributed by atoms with Gasteiger partial charge in [0.05, 0.1) is 18.0 Å². The summed E-state index contributed by atoms with van der Waals surface area (Å²) in [7, 11) is 0. The number of nitrogens with one attached hydrogen (secondary N) is 1. The molecule has 2 aromatic rings. The Hall–Kier alpha value is -1.95. The fourth-order valence-corrected chi connectivity index (χ4v) is 3.16. The molecule has 1 N–H and O–H groups in total. The minimum Gasteiger partial charge on any atom is -0.356 e. The van der Waals surface area contributed by atoms with E-state index in [0.717, 1.165) is 29.7 Å². The average Bonchev–Trinajstić information content (AvgIpc) is 2.59. The number of pyridine rings is 1. The Bertz CT molecular complexity index is 741. The molecule has 1 amide bonds. The van der Waals surface area contributed by atoms with E-state index in [9.17, 15) is 13.6 Å². The van der Waals surface area contributed by atoms with Gasteiger partial charge in [-0.1, -0.05) is 11.6 Å². The van der Waals surface area contributed by atoms with Crippen LogP contribution in [0.5, 0.6) is 0 Å². The normalized spacial score (nSPS) is 18.2. The summed E-state index contributed by atoms with van der Waals surface area (Å²) in [6, 6.07) is 9.35. The summed E-state index contributed by atoms with van der Waals surface area (Å²) < 4.78 is 24.5. The van der Waals surface area contributed by atoms with Gasteiger partial charge in [-0.2, -0.15) is 0 Å². The Balaban J connectivity index is 1.72. The third-order valence-corrected chi connectivity index (χ3v) is 4.42. The molecule has 128 valence electrons. The molecule has 7 heteroatoms. The highest BCUT2D eigenvalue weighted by molar-refractivity contribution is 6.31. The van der Waals surface area contributed by atoms with E-state index in [2.05, 4.69) is 10.3 Å². The molecule has 24 heavy (non-hydrogen) atoms. The molecule has 1 saturated heterocycles. The zero-order chi connectivity index (χ0) is 17.1. The molecule has 1 aliphatic rings. The molecule has 1 unspecified atom stereocenters. The summed E-state index contributed by atoms with van der Waals surface area (Å²) in [5, 5.41) is 3.92. The molecule has 3 rings (SSSR count). The van der Waals surface area contributed by atoms with E-state index in [4.69, 9.17) is 11.6 Å². The molecular weight excluding hydrogens is 336 g/mol. The van der Waals surface area contributed by atoms with Gasteiger partial charge in [0.25, 0.3) is 6.43 Å². The molecule has 0 spiro atoms. The maximum absolute atomic E-state index is 12.2. The summed E-state index contributed by atoms with van der Waals surface area (Å²) in [5.74, 6) is 0.184. The van der Waals surface area contributed by atoms with Crippen molar-refractivity contribution in [2.24, 2.45) is 5.92 Å². The summed E-state index contributed by atoms with van der Waals surface area (Å²) in [6.07, 6.45) is -0.996. The molecule has 0 aliphatic carbocycles. The molecule has 2 heterocycles. The van der Waals surface area contributed by atoms with Gasteiger partial charge in [0.15, 0.2) is 0 Å². The van der Waals surface area contributed by atoms with E-state index in [0.29, 0.717) is 18.0 Å². The number of nitrogens with zero attached hydrogens (tertiary/aromatic N) is 2. The van der Waals surface area contributed by atoms with Crippen LogP contribution in [-0.2, 0) is 4.79 Å². The predicted molar refractivity (Wildman–Crippen MR) is 90.7 cm³/mol. The summed E-state index contributed by atoms with van der Waals surface area (Å²) in [6.45, 7) is 0.691. The molecule has 1 fully saturated rings. The number of fused-ring (bicyclic) bond motifs is 1. The average molecular weight is 354 g/mol. The third kappa shape index (κ3) is 3.93. The number of piperidine rings is 1. The van der Waals surface area contributed by atoms with Gasteiger partial charge in [-0.3, -0.25) is 4.79 Å². The largest absolute Gasteiger partial charge is 0.356 e. The van der Waals surface area contributed by atoms with Crippen LogP contribution in [0.15, 0.2) is 30.3 Å². The van der Waals surface area contributed by atoms with E-state index in [1.807, 2.05) is 29.2 Å². The number of halogens is 3. The lowest BCUT2D eigenvalue weighted by Gasteiger charge is -2.33. The van der Waals surface area contributed by atoms with Crippen LogP contribution in [0.2, 0.25) is 5.02 Å². The topological polar surface area (TPSA) is 45.2 Å². The van der Waals surface area contributed by atoms with Crippen molar-refractivity contribution < 1.29 is 13.6 Å². The van der Waals surface area contributed by atoms with Crippen molar-refractivity contribution >= 4 is 34.2 Å². The molecular formula is C17H18ClF2N3O. The fraction of sp³-hybridized carbons (Fsp3) is 0.412. The van der Waals surface area contributed by atoms with Gasteiger partial charge in [-0.25, -0.2) is 13.8 Å². The highest BCUT2D eigenvalue weighted by Crippen LogP contribution is 2.25. The van der Waals surface area contributed by atoms with Crippen LogP contribution < -0.4 is 10.2 Å². The van der Waals surface area contributed by atoms with Gasteiger partial charge in [0.2, 0.25) is 5.91 Å². The van der Waals surface area contributed by atoms with Crippen molar-refractivity contribution in [1.82, 2.24) is 10.3 Å². The van der Waals surface area contributed by atoms with Crippen LogP contribution in [0.25, 0.3) is 10.9 Å². The van der Waals surface area contributed by atoms with Gasteiger partial charge in [0, 0.05) is 23.5 Å². The third-order valence-electron chi connectivity index (χ3n) is 4.18. The molecule has 1 aromatic heterocycles. The number of anilines is 1. The molecule has 0 saturated carbocycles. The number of hydrogen-bond donors (Lipinski definition) is 1. The first-order chi connectivity index (χ1) is 11.5. The first kappa shape index (κ1) is 16.9. The van der Waals surface area contributed by atoms with E-state index in [-0.39, 0.29) is 11.8 Å². The van der Waals surface area contributed by atoms with E-state index < -0.39 is 13.0 Å². The van der Waals surface area contributed by atoms with Gasteiger partial charge >= 0.3 is 0 Å². The monoisotopic (exact) mass is 353 g/mol. The van der Waals surface area contributed by atoms with Crippen molar-refractivity contribution in [3.8, 4) is 0 Å². The number of amides is 1. The second kappa shape index (κ2) is 7.30. The maximum Gasteiger partial charge on any atom is 0.255 e. The minimum atomic E-state index is -2.53. The number of aromatic nitrogens is 1. The fourth-order valence-electron chi connectivity index (χ4n) is 2.98. The van der Waals surface area contributed by atoms with Crippen molar-refractivity contribution in [2.45, 2.75) is 19.3 Å².